The van der Waals surface area contributed by atoms with Crippen LogP contribution in [0.2, 0.25) is 0 Å². The van der Waals surface area contributed by atoms with Crippen LogP contribution in [0, 0.1) is 12.8 Å². The van der Waals surface area contributed by atoms with Gasteiger partial charge in [-0.3, -0.25) is 4.68 Å². The van der Waals surface area contributed by atoms with Crippen LogP contribution in [0.25, 0.3) is 0 Å². The highest BCUT2D eigenvalue weighted by Gasteiger charge is 2.23. The standard InChI is InChI=1S/C11H18BrN3/c1-8-7-14-15(11(8)12)10-4-2-9(6-13)3-5-10/h7,9-10H,2-6,13H2,1H3. The summed E-state index contributed by atoms with van der Waals surface area (Å²) in [6.07, 6.45) is 6.83. The lowest BCUT2D eigenvalue weighted by atomic mass is 9.86. The van der Waals surface area contributed by atoms with Crippen LogP contribution in [0.1, 0.15) is 37.3 Å². The molecule has 1 heterocycles. The molecule has 0 atom stereocenters. The molecular weight excluding hydrogens is 254 g/mol. The van der Waals surface area contributed by atoms with Crippen LogP contribution in [0.3, 0.4) is 0 Å². The first-order valence-electron chi connectivity index (χ1n) is 5.62. The lowest BCUT2D eigenvalue weighted by Crippen LogP contribution is -2.23. The number of halogens is 1. The highest BCUT2D eigenvalue weighted by atomic mass is 79.9. The molecule has 4 heteroatoms. The molecule has 1 aliphatic rings. The summed E-state index contributed by atoms with van der Waals surface area (Å²) < 4.78 is 3.26. The van der Waals surface area contributed by atoms with Crippen molar-refractivity contribution in [1.82, 2.24) is 9.78 Å². The van der Waals surface area contributed by atoms with Gasteiger partial charge >= 0.3 is 0 Å². The molecule has 0 aliphatic heterocycles. The molecule has 2 N–H and O–H groups in total. The first-order chi connectivity index (χ1) is 7.22. The summed E-state index contributed by atoms with van der Waals surface area (Å²) in [5.74, 6) is 0.733. The third-order valence-corrected chi connectivity index (χ3v) is 4.39. The molecule has 0 unspecified atom stereocenters. The molecule has 0 aromatic carbocycles. The first-order valence-corrected chi connectivity index (χ1v) is 6.41. The van der Waals surface area contributed by atoms with Gasteiger partial charge in [-0.15, -0.1) is 0 Å². The van der Waals surface area contributed by atoms with E-state index in [1.54, 1.807) is 0 Å². The normalized spacial score (nSPS) is 26.9. The lowest BCUT2D eigenvalue weighted by Gasteiger charge is -2.28. The summed E-state index contributed by atoms with van der Waals surface area (Å²) in [6, 6.07) is 0.566. The van der Waals surface area contributed by atoms with Crippen molar-refractivity contribution in [1.29, 1.82) is 0 Å². The number of hydrogen-bond acceptors (Lipinski definition) is 2. The molecule has 0 bridgehead atoms. The van der Waals surface area contributed by atoms with Crippen LogP contribution < -0.4 is 5.73 Å². The van der Waals surface area contributed by atoms with E-state index >= 15 is 0 Å². The zero-order chi connectivity index (χ0) is 10.8. The van der Waals surface area contributed by atoms with Gasteiger partial charge in [-0.2, -0.15) is 5.10 Å². The number of rotatable bonds is 2. The highest BCUT2D eigenvalue weighted by Crippen LogP contribution is 2.33. The molecule has 0 radical (unpaired) electrons. The van der Waals surface area contributed by atoms with E-state index in [0.717, 1.165) is 17.1 Å². The van der Waals surface area contributed by atoms with Gasteiger partial charge < -0.3 is 5.73 Å². The fourth-order valence-electron chi connectivity index (χ4n) is 2.31. The fourth-order valence-corrected chi connectivity index (χ4v) is 2.80. The van der Waals surface area contributed by atoms with Gasteiger partial charge in [0, 0.05) is 5.56 Å². The zero-order valence-electron chi connectivity index (χ0n) is 9.12. The topological polar surface area (TPSA) is 43.8 Å². The summed E-state index contributed by atoms with van der Waals surface area (Å²) >= 11 is 3.59. The quantitative estimate of drug-likeness (QED) is 0.899. The molecular formula is C11H18BrN3. The predicted octanol–water partition coefficient (Wildman–Crippen LogP) is 2.64. The van der Waals surface area contributed by atoms with Gasteiger partial charge in [0.05, 0.1) is 12.2 Å². The van der Waals surface area contributed by atoms with Crippen molar-refractivity contribution in [2.24, 2.45) is 11.7 Å². The maximum Gasteiger partial charge on any atom is 0.107 e. The number of aromatic nitrogens is 2. The largest absolute Gasteiger partial charge is 0.330 e. The molecule has 1 aromatic heterocycles. The van der Waals surface area contributed by atoms with E-state index in [0.29, 0.717) is 6.04 Å². The minimum Gasteiger partial charge on any atom is -0.330 e. The summed E-state index contributed by atoms with van der Waals surface area (Å²) in [5.41, 5.74) is 6.91. The van der Waals surface area contributed by atoms with Gasteiger partial charge in [-0.05, 0) is 61.0 Å². The predicted molar refractivity (Wildman–Crippen MR) is 64.7 cm³/mol. The lowest BCUT2D eigenvalue weighted by molar-refractivity contribution is 0.262. The van der Waals surface area contributed by atoms with Crippen LogP contribution in [0.4, 0.5) is 0 Å². The summed E-state index contributed by atoms with van der Waals surface area (Å²) in [4.78, 5) is 0. The monoisotopic (exact) mass is 271 g/mol. The second-order valence-corrected chi connectivity index (χ2v) is 5.22. The average molecular weight is 272 g/mol. The minimum atomic E-state index is 0.566. The van der Waals surface area contributed by atoms with Gasteiger partial charge in [-0.25, -0.2) is 0 Å². The zero-order valence-corrected chi connectivity index (χ0v) is 10.7. The van der Waals surface area contributed by atoms with Crippen molar-refractivity contribution < 1.29 is 0 Å². The van der Waals surface area contributed by atoms with E-state index in [1.165, 1.54) is 31.2 Å². The SMILES string of the molecule is Cc1cnn(C2CCC(CN)CC2)c1Br. The molecule has 1 aliphatic carbocycles. The van der Waals surface area contributed by atoms with Gasteiger partial charge in [0.25, 0.3) is 0 Å². The molecule has 15 heavy (non-hydrogen) atoms. The molecule has 0 amide bonds. The van der Waals surface area contributed by atoms with E-state index in [2.05, 4.69) is 32.6 Å². The molecule has 1 saturated carbocycles. The van der Waals surface area contributed by atoms with E-state index in [4.69, 9.17) is 5.73 Å². The van der Waals surface area contributed by atoms with E-state index in [9.17, 15) is 0 Å². The van der Waals surface area contributed by atoms with Crippen LogP contribution in [0.5, 0.6) is 0 Å². The molecule has 2 rings (SSSR count). The molecule has 0 saturated heterocycles. The molecule has 84 valence electrons. The Kier molecular flexibility index (Phi) is 3.46. The number of aryl methyl sites for hydroxylation is 1. The smallest absolute Gasteiger partial charge is 0.107 e. The highest BCUT2D eigenvalue weighted by molar-refractivity contribution is 9.10. The Morgan fingerprint density at radius 3 is 2.60 bits per heavy atom. The molecule has 0 spiro atoms. The van der Waals surface area contributed by atoms with E-state index in [-0.39, 0.29) is 0 Å². The van der Waals surface area contributed by atoms with Crippen molar-refractivity contribution in [3.63, 3.8) is 0 Å². The summed E-state index contributed by atoms with van der Waals surface area (Å²) in [6.45, 7) is 2.92. The molecule has 3 nitrogen and oxygen atoms in total. The maximum absolute atomic E-state index is 5.69. The number of hydrogen-bond donors (Lipinski definition) is 1. The molecule has 1 fully saturated rings. The van der Waals surface area contributed by atoms with Crippen molar-refractivity contribution in [3.8, 4) is 0 Å². The van der Waals surface area contributed by atoms with Crippen molar-refractivity contribution in [2.75, 3.05) is 6.54 Å². The van der Waals surface area contributed by atoms with Crippen molar-refractivity contribution in [2.45, 2.75) is 38.6 Å². The average Bonchev–Trinajstić information content (AvgIpc) is 2.60. The van der Waals surface area contributed by atoms with Crippen LogP contribution >= 0.6 is 15.9 Å². The Hall–Kier alpha value is -0.350. The van der Waals surface area contributed by atoms with Gasteiger partial charge in [0.1, 0.15) is 4.60 Å². The maximum atomic E-state index is 5.69. The second kappa shape index (κ2) is 4.66. The van der Waals surface area contributed by atoms with Gasteiger partial charge in [0.15, 0.2) is 0 Å². The third kappa shape index (κ3) is 2.26. The first kappa shape index (κ1) is 11.1. The summed E-state index contributed by atoms with van der Waals surface area (Å²) in [5, 5.41) is 4.43. The van der Waals surface area contributed by atoms with Gasteiger partial charge in [0.2, 0.25) is 0 Å². The Bertz CT molecular complexity index is 327. The second-order valence-electron chi connectivity index (χ2n) is 4.47. The Morgan fingerprint density at radius 1 is 1.47 bits per heavy atom. The summed E-state index contributed by atoms with van der Waals surface area (Å²) in [7, 11) is 0. The Balaban J connectivity index is 2.04. The van der Waals surface area contributed by atoms with Crippen molar-refractivity contribution in [3.05, 3.63) is 16.4 Å². The fraction of sp³-hybridized carbons (Fsp3) is 0.727. The van der Waals surface area contributed by atoms with Crippen LogP contribution in [-0.2, 0) is 0 Å². The van der Waals surface area contributed by atoms with E-state index < -0.39 is 0 Å². The number of nitrogens with zero attached hydrogens (tertiary/aromatic N) is 2. The van der Waals surface area contributed by atoms with E-state index in [1.807, 2.05) is 6.20 Å². The minimum absolute atomic E-state index is 0.566. The molecule has 1 aromatic rings. The Labute approximate surface area is 99.2 Å². The van der Waals surface area contributed by atoms with Crippen LogP contribution in [0.15, 0.2) is 10.8 Å². The Morgan fingerprint density at radius 2 is 2.13 bits per heavy atom. The van der Waals surface area contributed by atoms with Crippen LogP contribution in [-0.4, -0.2) is 16.3 Å². The number of nitrogens with two attached hydrogens (primary N) is 1. The third-order valence-electron chi connectivity index (χ3n) is 3.40. The van der Waals surface area contributed by atoms with Gasteiger partial charge in [-0.1, -0.05) is 0 Å². The van der Waals surface area contributed by atoms with Crippen molar-refractivity contribution >= 4 is 15.9 Å².